The normalized spacial score (nSPS) is 44.6. The second kappa shape index (κ2) is 4.33. The van der Waals surface area contributed by atoms with Crippen LogP contribution in [0, 0.1) is 23.7 Å². The molecule has 0 radical (unpaired) electrons. The first-order valence-electron chi connectivity index (χ1n) is 7.21. The molecular weight excluding hydrogens is 194 g/mol. The molecule has 0 spiro atoms. The van der Waals surface area contributed by atoms with Crippen molar-refractivity contribution in [3.63, 3.8) is 0 Å². The van der Waals surface area contributed by atoms with Crippen LogP contribution in [0.5, 0.6) is 0 Å². The summed E-state index contributed by atoms with van der Waals surface area (Å²) >= 11 is 0. The minimum Gasteiger partial charge on any atom is -0.294 e. The molecule has 16 heavy (non-hydrogen) atoms. The number of hydrogen-bond donors (Lipinski definition) is 0. The van der Waals surface area contributed by atoms with E-state index in [0.717, 1.165) is 41.8 Å². The molecule has 2 heterocycles. The van der Waals surface area contributed by atoms with Crippen molar-refractivity contribution in [2.45, 2.75) is 72.5 Å². The summed E-state index contributed by atoms with van der Waals surface area (Å²) in [5.74, 6) is 3.64. The van der Waals surface area contributed by atoms with Gasteiger partial charge in [0.1, 0.15) is 0 Å². The zero-order chi connectivity index (χ0) is 12.0. The maximum atomic E-state index is 2.83. The Balaban J connectivity index is 2.20. The Labute approximate surface area is 102 Å². The maximum Gasteiger partial charge on any atom is 0.0132 e. The van der Waals surface area contributed by atoms with Gasteiger partial charge in [-0.05, 0) is 50.4 Å². The third-order valence-corrected chi connectivity index (χ3v) is 5.44. The van der Waals surface area contributed by atoms with Crippen molar-refractivity contribution in [2.24, 2.45) is 23.7 Å². The maximum absolute atomic E-state index is 2.83. The van der Waals surface area contributed by atoms with Gasteiger partial charge in [-0.3, -0.25) is 4.90 Å². The summed E-state index contributed by atoms with van der Waals surface area (Å²) in [6.07, 6.45) is 2.88. The van der Waals surface area contributed by atoms with E-state index in [1.54, 1.807) is 0 Å². The van der Waals surface area contributed by atoms with Crippen molar-refractivity contribution in [1.29, 1.82) is 0 Å². The minimum absolute atomic E-state index is 0.732. The highest BCUT2D eigenvalue weighted by atomic mass is 15.3. The fourth-order valence-corrected chi connectivity index (χ4v) is 4.19. The summed E-state index contributed by atoms with van der Waals surface area (Å²) < 4.78 is 0. The molecule has 1 heteroatoms. The first-order chi connectivity index (χ1) is 7.43. The fraction of sp³-hybridized carbons (Fsp3) is 1.00. The third-order valence-electron chi connectivity index (χ3n) is 5.44. The molecular formula is C15H29N. The monoisotopic (exact) mass is 223 g/mol. The van der Waals surface area contributed by atoms with Gasteiger partial charge in [0.05, 0.1) is 0 Å². The predicted molar refractivity (Wildman–Crippen MR) is 70.4 cm³/mol. The number of hydrogen-bond acceptors (Lipinski definition) is 1. The molecule has 2 aliphatic heterocycles. The Morgan fingerprint density at radius 3 is 1.62 bits per heavy atom. The Bertz CT molecular complexity index is 228. The van der Waals surface area contributed by atoms with E-state index in [9.17, 15) is 0 Å². The van der Waals surface area contributed by atoms with Crippen molar-refractivity contribution < 1.29 is 0 Å². The van der Waals surface area contributed by atoms with Crippen molar-refractivity contribution in [1.82, 2.24) is 4.90 Å². The van der Waals surface area contributed by atoms with Crippen molar-refractivity contribution in [2.75, 3.05) is 0 Å². The van der Waals surface area contributed by atoms with Gasteiger partial charge in [0.15, 0.2) is 0 Å². The largest absolute Gasteiger partial charge is 0.294 e. The molecule has 2 saturated heterocycles. The molecule has 0 aliphatic carbocycles. The van der Waals surface area contributed by atoms with Crippen LogP contribution in [0.1, 0.15) is 54.4 Å². The summed E-state index contributed by atoms with van der Waals surface area (Å²) in [5.41, 5.74) is 0. The highest BCUT2D eigenvalue weighted by molar-refractivity contribution is 5.03. The molecule has 2 rings (SSSR count). The average Bonchev–Trinajstić information content (AvgIpc) is 2.37. The highest BCUT2D eigenvalue weighted by Gasteiger charge is 2.50. The Morgan fingerprint density at radius 1 is 0.875 bits per heavy atom. The molecule has 1 nitrogen and oxygen atoms in total. The first kappa shape index (κ1) is 12.4. The fourth-order valence-electron chi connectivity index (χ4n) is 4.19. The molecule has 2 fully saturated rings. The van der Waals surface area contributed by atoms with E-state index in [2.05, 4.69) is 46.4 Å². The van der Waals surface area contributed by atoms with Crippen LogP contribution < -0.4 is 0 Å². The van der Waals surface area contributed by atoms with Gasteiger partial charge in [-0.2, -0.15) is 0 Å². The molecule has 2 unspecified atom stereocenters. The SMILES string of the molecule is CC(C)C1CC2[C@@H](C)[C@H](C)C(C1)N2C(C)C. The Kier molecular flexibility index (Phi) is 3.36. The second-order valence-electron chi connectivity index (χ2n) is 6.87. The van der Waals surface area contributed by atoms with Crippen molar-refractivity contribution in [3.05, 3.63) is 0 Å². The molecule has 0 amide bonds. The van der Waals surface area contributed by atoms with Crippen molar-refractivity contribution >= 4 is 0 Å². The van der Waals surface area contributed by atoms with Crippen LogP contribution >= 0.6 is 0 Å². The second-order valence-corrected chi connectivity index (χ2v) is 6.87. The van der Waals surface area contributed by atoms with E-state index in [1.165, 1.54) is 12.8 Å². The van der Waals surface area contributed by atoms with E-state index < -0.39 is 0 Å². The number of piperidine rings is 1. The lowest BCUT2D eigenvalue weighted by atomic mass is 9.81. The number of fused-ring (bicyclic) bond motifs is 2. The van der Waals surface area contributed by atoms with Crippen LogP contribution in [-0.4, -0.2) is 23.0 Å². The standard InChI is InChI=1S/C15H29N/c1-9(2)13-7-14-11(5)12(6)15(8-13)16(14)10(3)4/h9-15H,7-8H2,1-6H3/t11-,12-,13?,14?,15?/m0/s1. The average molecular weight is 223 g/mol. The molecule has 0 saturated carbocycles. The minimum atomic E-state index is 0.732. The van der Waals surface area contributed by atoms with E-state index >= 15 is 0 Å². The van der Waals surface area contributed by atoms with E-state index in [-0.39, 0.29) is 0 Å². The molecule has 2 bridgehead atoms. The molecule has 94 valence electrons. The zero-order valence-electron chi connectivity index (χ0n) is 11.9. The molecule has 0 aromatic heterocycles. The topological polar surface area (TPSA) is 3.24 Å². The molecule has 0 aromatic rings. The van der Waals surface area contributed by atoms with Crippen molar-refractivity contribution in [3.8, 4) is 0 Å². The molecule has 0 aromatic carbocycles. The Morgan fingerprint density at radius 2 is 1.31 bits per heavy atom. The zero-order valence-corrected chi connectivity index (χ0v) is 11.9. The van der Waals surface area contributed by atoms with E-state index in [0.29, 0.717) is 0 Å². The van der Waals surface area contributed by atoms with Crippen LogP contribution in [-0.2, 0) is 0 Å². The lowest BCUT2D eigenvalue weighted by Gasteiger charge is -2.43. The van der Waals surface area contributed by atoms with Gasteiger partial charge >= 0.3 is 0 Å². The summed E-state index contributed by atoms with van der Waals surface area (Å²) in [6.45, 7) is 14.5. The summed E-state index contributed by atoms with van der Waals surface area (Å²) in [4.78, 5) is 2.83. The summed E-state index contributed by atoms with van der Waals surface area (Å²) in [6, 6.07) is 2.46. The van der Waals surface area contributed by atoms with Gasteiger partial charge in [-0.15, -0.1) is 0 Å². The van der Waals surface area contributed by atoms with Crippen LogP contribution in [0.2, 0.25) is 0 Å². The molecule has 0 N–H and O–H groups in total. The summed E-state index contributed by atoms with van der Waals surface area (Å²) in [5, 5.41) is 0. The van der Waals surface area contributed by atoms with Gasteiger partial charge in [0.25, 0.3) is 0 Å². The summed E-state index contributed by atoms with van der Waals surface area (Å²) in [7, 11) is 0. The first-order valence-corrected chi connectivity index (χ1v) is 7.21. The van der Waals surface area contributed by atoms with Gasteiger partial charge in [-0.25, -0.2) is 0 Å². The van der Waals surface area contributed by atoms with Gasteiger partial charge in [0.2, 0.25) is 0 Å². The number of nitrogens with zero attached hydrogens (tertiary/aromatic N) is 1. The van der Waals surface area contributed by atoms with Gasteiger partial charge in [-0.1, -0.05) is 27.7 Å². The van der Waals surface area contributed by atoms with Crippen LogP contribution in [0.25, 0.3) is 0 Å². The molecule has 2 aliphatic rings. The lowest BCUT2D eigenvalue weighted by Crippen LogP contribution is -2.48. The lowest BCUT2D eigenvalue weighted by molar-refractivity contribution is 0.0473. The van der Waals surface area contributed by atoms with E-state index in [4.69, 9.17) is 0 Å². The van der Waals surface area contributed by atoms with Gasteiger partial charge < -0.3 is 0 Å². The quantitative estimate of drug-likeness (QED) is 0.688. The van der Waals surface area contributed by atoms with Crippen LogP contribution in [0.4, 0.5) is 0 Å². The third kappa shape index (κ3) is 1.81. The molecule has 4 atom stereocenters. The predicted octanol–water partition coefficient (Wildman–Crippen LogP) is 3.79. The smallest absolute Gasteiger partial charge is 0.0132 e. The number of rotatable bonds is 2. The van der Waals surface area contributed by atoms with Crippen LogP contribution in [0.15, 0.2) is 0 Å². The van der Waals surface area contributed by atoms with E-state index in [1.807, 2.05) is 0 Å². The van der Waals surface area contributed by atoms with Crippen LogP contribution in [0.3, 0.4) is 0 Å². The van der Waals surface area contributed by atoms with Gasteiger partial charge in [0, 0.05) is 18.1 Å². The Hall–Kier alpha value is -0.0400. The highest BCUT2D eigenvalue weighted by Crippen LogP contribution is 2.48.